The lowest BCUT2D eigenvalue weighted by Crippen LogP contribution is -1.67. The van der Waals surface area contributed by atoms with Crippen LogP contribution in [-0.2, 0) is 0 Å². The van der Waals surface area contributed by atoms with Gasteiger partial charge in [-0.25, -0.2) is 0 Å². The molecule has 2 nitrogen and oxygen atoms in total. The van der Waals surface area contributed by atoms with Crippen molar-refractivity contribution in [2.75, 3.05) is 0 Å². The summed E-state index contributed by atoms with van der Waals surface area (Å²) < 4.78 is 0. The molecule has 0 unspecified atom stereocenters. The first-order chi connectivity index (χ1) is 3.97. The summed E-state index contributed by atoms with van der Waals surface area (Å²) in [6.07, 6.45) is 12.6. The van der Waals surface area contributed by atoms with Crippen LogP contribution < -0.4 is 0 Å². The van der Waals surface area contributed by atoms with Gasteiger partial charge < -0.3 is 0 Å². The molecule has 0 amide bonds. The van der Waals surface area contributed by atoms with Crippen LogP contribution in [0.25, 0.3) is 0 Å². The van der Waals surface area contributed by atoms with Crippen molar-refractivity contribution >= 4 is 0 Å². The minimum atomic E-state index is 0. The molecule has 10 heavy (non-hydrogen) atoms. The molecule has 2 heteroatoms. The third-order valence-corrected chi connectivity index (χ3v) is 1.44. The van der Waals surface area contributed by atoms with Crippen LogP contribution >= 0.6 is 0 Å². The van der Waals surface area contributed by atoms with Gasteiger partial charge in [-0.15, -0.1) is 0 Å². The van der Waals surface area contributed by atoms with Gasteiger partial charge in [0.15, 0.2) is 0 Å². The van der Waals surface area contributed by atoms with Crippen molar-refractivity contribution in [1.82, 2.24) is 0 Å². The van der Waals surface area contributed by atoms with E-state index in [0.717, 1.165) is 0 Å². The van der Waals surface area contributed by atoms with Crippen LogP contribution in [0.4, 0.5) is 0 Å². The summed E-state index contributed by atoms with van der Waals surface area (Å²) in [5.74, 6) is 0. The van der Waals surface area contributed by atoms with E-state index in [-0.39, 0.29) is 11.0 Å². The Balaban J connectivity index is 0.000000405. The Morgan fingerprint density at radius 1 is 0.700 bits per heavy atom. The maximum atomic E-state index is 2.12. The molecule has 2 aliphatic carbocycles. The summed E-state index contributed by atoms with van der Waals surface area (Å²) in [5, 5.41) is 0. The van der Waals surface area contributed by atoms with Gasteiger partial charge in [0.2, 0.25) is 0 Å². The van der Waals surface area contributed by atoms with Crippen molar-refractivity contribution in [2.24, 2.45) is 0 Å². The molecule has 0 aromatic rings. The molecular formula is C8H8O2. The second-order valence-corrected chi connectivity index (χ2v) is 1.96. The van der Waals surface area contributed by atoms with E-state index in [1.165, 1.54) is 11.1 Å². The molecule has 52 valence electrons. The normalized spacial score (nSPS) is 16.8. The van der Waals surface area contributed by atoms with Crippen molar-refractivity contribution in [2.45, 2.75) is 0 Å². The van der Waals surface area contributed by atoms with Crippen molar-refractivity contribution in [3.8, 4) is 0 Å². The van der Waals surface area contributed by atoms with Crippen LogP contribution in [0.15, 0.2) is 47.6 Å². The lowest BCUT2D eigenvalue weighted by Gasteiger charge is -1.85. The van der Waals surface area contributed by atoms with Gasteiger partial charge >= 0.3 is 0 Å². The second-order valence-electron chi connectivity index (χ2n) is 1.96. The Kier molecular flexibility index (Phi) is 2.80. The molecule has 0 aromatic carbocycles. The zero-order chi connectivity index (χ0) is 5.40. The van der Waals surface area contributed by atoms with Gasteiger partial charge in [0, 0.05) is 0 Å². The van der Waals surface area contributed by atoms with Gasteiger partial charge in [0.1, 0.15) is 0 Å². The van der Waals surface area contributed by atoms with E-state index in [1.54, 1.807) is 0 Å². The Hall–Kier alpha value is -1.12. The summed E-state index contributed by atoms with van der Waals surface area (Å²) in [7, 11) is 0. The summed E-state index contributed by atoms with van der Waals surface area (Å²) >= 11 is 0. The van der Waals surface area contributed by atoms with E-state index in [4.69, 9.17) is 0 Å². The van der Waals surface area contributed by atoms with E-state index in [2.05, 4.69) is 36.5 Å². The van der Waals surface area contributed by atoms with Crippen LogP contribution in [0.5, 0.6) is 0 Å². The van der Waals surface area contributed by atoms with Gasteiger partial charge in [-0.05, 0) is 11.1 Å². The monoisotopic (exact) mass is 136 g/mol. The summed E-state index contributed by atoms with van der Waals surface area (Å²) in [4.78, 5) is 0. The first-order valence-corrected chi connectivity index (χ1v) is 2.74. The van der Waals surface area contributed by atoms with Gasteiger partial charge in [-0.2, -0.15) is 0 Å². The lowest BCUT2D eigenvalue weighted by molar-refractivity contribution is 0.823. The molecule has 0 spiro atoms. The average molecular weight is 136 g/mol. The predicted octanol–water partition coefficient (Wildman–Crippen LogP) is 1.63. The summed E-state index contributed by atoms with van der Waals surface area (Å²) in [6, 6.07) is 0. The Labute approximate surface area is 59.5 Å². The first-order valence-electron chi connectivity index (χ1n) is 2.74. The highest BCUT2D eigenvalue weighted by atomic mass is 16.0. The molecule has 0 fully saturated rings. The fourth-order valence-corrected chi connectivity index (χ4v) is 1.01. The minimum absolute atomic E-state index is 0. The van der Waals surface area contributed by atoms with Crippen LogP contribution in [0, 0.1) is 0 Å². The standard InChI is InChI=1S/C8H6.2HO/c1-3-7-5-2-6-8(7)4-1;;/h1-6H;2*1H. The molecule has 2 N–H and O–H groups in total. The van der Waals surface area contributed by atoms with Gasteiger partial charge in [-0.1, -0.05) is 36.5 Å². The van der Waals surface area contributed by atoms with Gasteiger partial charge in [0.05, 0.1) is 0 Å². The maximum Gasteiger partial charge on any atom is -0.0184 e. The molecule has 0 atom stereocenters. The maximum absolute atomic E-state index is 2.12. The quantitative estimate of drug-likeness (QED) is 0.508. The van der Waals surface area contributed by atoms with E-state index < -0.39 is 0 Å². The Bertz CT molecular complexity index is 206. The molecule has 0 saturated heterocycles. The van der Waals surface area contributed by atoms with Crippen LogP contribution in [-0.4, -0.2) is 11.0 Å². The van der Waals surface area contributed by atoms with Crippen LogP contribution in [0.2, 0.25) is 0 Å². The second kappa shape index (κ2) is 3.15. The molecule has 0 saturated carbocycles. The zero-order valence-corrected chi connectivity index (χ0v) is 5.36. The number of fused-ring (bicyclic) bond motifs is 1. The molecule has 0 aliphatic heterocycles. The van der Waals surface area contributed by atoms with Crippen LogP contribution in [0.1, 0.15) is 0 Å². The van der Waals surface area contributed by atoms with Crippen LogP contribution in [0.3, 0.4) is 0 Å². The van der Waals surface area contributed by atoms with Crippen molar-refractivity contribution < 1.29 is 11.0 Å². The van der Waals surface area contributed by atoms with E-state index in [0.29, 0.717) is 0 Å². The molecule has 2 aliphatic rings. The highest BCUT2D eigenvalue weighted by Gasteiger charge is 2.04. The number of allylic oxidation sites excluding steroid dienone is 8. The van der Waals surface area contributed by atoms with Crippen molar-refractivity contribution in [1.29, 1.82) is 0 Å². The number of rotatable bonds is 0. The van der Waals surface area contributed by atoms with Crippen molar-refractivity contribution in [3.05, 3.63) is 47.6 Å². The third-order valence-electron chi connectivity index (χ3n) is 1.44. The minimum Gasteiger partial charge on any atom is -0.255 e. The van der Waals surface area contributed by atoms with Gasteiger partial charge in [-0.3, -0.25) is 11.0 Å². The predicted molar refractivity (Wildman–Crippen MR) is 38.3 cm³/mol. The fourth-order valence-electron chi connectivity index (χ4n) is 1.01. The molecule has 0 aromatic heterocycles. The van der Waals surface area contributed by atoms with E-state index >= 15 is 0 Å². The molecule has 2 rings (SSSR count). The van der Waals surface area contributed by atoms with E-state index in [9.17, 15) is 0 Å². The summed E-state index contributed by atoms with van der Waals surface area (Å²) in [6.45, 7) is 0. The summed E-state index contributed by atoms with van der Waals surface area (Å²) in [5.41, 5.74) is 2.70. The van der Waals surface area contributed by atoms with Crippen molar-refractivity contribution in [3.63, 3.8) is 0 Å². The van der Waals surface area contributed by atoms with Gasteiger partial charge in [0.25, 0.3) is 0 Å². The zero-order valence-electron chi connectivity index (χ0n) is 5.36. The SMILES string of the molecule is C1=CC2=CC=CC2=C1.[OH].[OH]. The molecule has 2 radical (unpaired) electrons. The highest BCUT2D eigenvalue weighted by molar-refractivity contribution is 5.59. The first kappa shape index (κ1) is 8.88. The Morgan fingerprint density at radius 3 is 1.50 bits per heavy atom. The largest absolute Gasteiger partial charge is 0.255 e. The number of hydrogen-bond acceptors (Lipinski definition) is 0. The lowest BCUT2D eigenvalue weighted by atomic mass is 10.2. The molecule has 0 bridgehead atoms. The smallest absolute Gasteiger partial charge is 0.0184 e. The third kappa shape index (κ3) is 1.07. The topological polar surface area (TPSA) is 60.0 Å². The molecule has 0 heterocycles. The highest BCUT2D eigenvalue weighted by Crippen LogP contribution is 2.23. The number of hydrogen-bond donors (Lipinski definition) is 2. The molecular weight excluding hydrogens is 128 g/mol. The Morgan fingerprint density at radius 2 is 1.10 bits per heavy atom. The van der Waals surface area contributed by atoms with E-state index in [1.807, 2.05) is 0 Å². The fraction of sp³-hybridized carbons (Fsp3) is 0. The average Bonchev–Trinajstić information content (AvgIpc) is 2.15.